The average Bonchev–Trinajstić information content (AvgIpc) is 3.14. The highest BCUT2D eigenvalue weighted by molar-refractivity contribution is 6.31. The van der Waals surface area contributed by atoms with Crippen LogP contribution in [0, 0.1) is 0 Å². The Kier molecular flexibility index (Phi) is 7.03. The van der Waals surface area contributed by atoms with Crippen molar-refractivity contribution in [1.29, 1.82) is 0 Å². The maximum absolute atomic E-state index is 11.0. The van der Waals surface area contributed by atoms with Crippen LogP contribution in [-0.2, 0) is 15.3 Å². The van der Waals surface area contributed by atoms with E-state index in [1.54, 1.807) is 18.2 Å². The standard InChI is InChI=1S/C14H14ClNO7.C6H13N/c15-6-2-1-5-3-8(16-7(5)4-6)14(22)12(19)10(18)9(17)11(23-14)13(20)21;7-6-4-2-1-3-5-6/h1-4,9-12,16-19,22H,(H,20,21);6H,1-5,7H2/t9-,10-,11-,12+,14+;/m0./s1. The molecule has 1 aliphatic carbocycles. The summed E-state index contributed by atoms with van der Waals surface area (Å²) in [7, 11) is 0. The van der Waals surface area contributed by atoms with E-state index in [1.165, 1.54) is 38.2 Å². The number of rotatable bonds is 2. The average molecular weight is 443 g/mol. The first-order chi connectivity index (χ1) is 14.1. The van der Waals surface area contributed by atoms with Crippen LogP contribution in [0.4, 0.5) is 0 Å². The first-order valence-electron chi connectivity index (χ1n) is 9.90. The van der Waals surface area contributed by atoms with Crippen molar-refractivity contribution >= 4 is 28.5 Å². The van der Waals surface area contributed by atoms with Crippen LogP contribution in [0.15, 0.2) is 24.3 Å². The number of aromatic amines is 1. The Bertz CT molecular complexity index is 885. The number of carboxylic acids is 1. The van der Waals surface area contributed by atoms with Crippen molar-refractivity contribution in [3.63, 3.8) is 0 Å². The second kappa shape index (κ2) is 9.19. The van der Waals surface area contributed by atoms with E-state index >= 15 is 0 Å². The molecule has 5 atom stereocenters. The lowest BCUT2D eigenvalue weighted by molar-refractivity contribution is -0.425. The van der Waals surface area contributed by atoms with Gasteiger partial charge in [-0.05, 0) is 49.3 Å². The number of carbonyl (C=O) groups excluding carboxylic acids is 1. The highest BCUT2D eigenvalue weighted by atomic mass is 35.5. The number of hydrogen-bond donors (Lipinski definition) is 6. The van der Waals surface area contributed by atoms with Crippen molar-refractivity contribution < 1.29 is 40.8 Å². The van der Waals surface area contributed by atoms with E-state index in [4.69, 9.17) is 16.3 Å². The Morgan fingerprint density at radius 3 is 2.40 bits per heavy atom. The molecule has 10 heteroatoms. The summed E-state index contributed by atoms with van der Waals surface area (Å²) in [5.41, 5.74) is 4.40. The Morgan fingerprint density at radius 2 is 1.83 bits per heavy atom. The molecule has 0 amide bonds. The molecule has 1 aromatic heterocycles. The Labute approximate surface area is 178 Å². The van der Waals surface area contributed by atoms with E-state index in [-0.39, 0.29) is 5.69 Å². The monoisotopic (exact) mass is 442 g/mol. The molecule has 1 aliphatic heterocycles. The van der Waals surface area contributed by atoms with Gasteiger partial charge in [-0.1, -0.05) is 24.1 Å². The quantitative estimate of drug-likeness (QED) is 0.337. The molecule has 30 heavy (non-hydrogen) atoms. The fraction of sp³-hybridized carbons (Fsp3) is 0.550. The molecule has 1 saturated heterocycles. The molecule has 0 bridgehead atoms. The minimum absolute atomic E-state index is 0.0977. The lowest BCUT2D eigenvalue weighted by Gasteiger charge is -2.45. The summed E-state index contributed by atoms with van der Waals surface area (Å²) < 4.78 is 4.95. The molecule has 0 radical (unpaired) electrons. The predicted molar refractivity (Wildman–Crippen MR) is 105 cm³/mol. The van der Waals surface area contributed by atoms with Crippen LogP contribution in [-0.4, -0.2) is 61.8 Å². The predicted octanol–water partition coefficient (Wildman–Crippen LogP) is -1.24. The van der Waals surface area contributed by atoms with Gasteiger partial charge in [-0.15, -0.1) is 0 Å². The summed E-state index contributed by atoms with van der Waals surface area (Å²) in [4.78, 5) is 13.8. The number of benzene rings is 1. The van der Waals surface area contributed by atoms with Gasteiger partial charge in [-0.2, -0.15) is 0 Å². The van der Waals surface area contributed by atoms with E-state index in [1.807, 2.05) is 0 Å². The lowest BCUT2D eigenvalue weighted by Crippen LogP contribution is -2.66. The van der Waals surface area contributed by atoms with Gasteiger partial charge in [0.1, 0.15) is 24.4 Å². The molecule has 2 aromatic rings. The van der Waals surface area contributed by atoms with Crippen LogP contribution in [0.3, 0.4) is 0 Å². The Morgan fingerprint density at radius 1 is 1.17 bits per heavy atom. The second-order valence-corrected chi connectivity index (χ2v) is 8.34. The first kappa shape index (κ1) is 23.0. The topological polar surface area (TPSA) is 174 Å². The number of H-pyrrole nitrogens is 1. The zero-order valence-corrected chi connectivity index (χ0v) is 17.1. The van der Waals surface area contributed by atoms with E-state index in [0.29, 0.717) is 15.9 Å². The molecule has 8 N–H and O–H groups in total. The van der Waals surface area contributed by atoms with Gasteiger partial charge in [-0.25, -0.2) is 0 Å². The summed E-state index contributed by atoms with van der Waals surface area (Å²) in [6.45, 7) is 0. The molecule has 0 unspecified atom stereocenters. The fourth-order valence-electron chi connectivity index (χ4n) is 3.82. The lowest BCUT2D eigenvalue weighted by atomic mass is 9.90. The number of carbonyl (C=O) groups is 1. The SMILES string of the molecule is O=C([O-])[C@H]1O[C@](O)(c2cc3ccc(Cl)cc3[nH]2)[C@H](O)[C@@H](O)[C@@H]1O.[NH3+]C1CCCCC1. The summed E-state index contributed by atoms with van der Waals surface area (Å²) in [6.07, 6.45) is -0.861. The third kappa shape index (κ3) is 4.62. The number of aromatic nitrogens is 1. The number of halogens is 1. The molecule has 2 aliphatic rings. The first-order valence-corrected chi connectivity index (χ1v) is 10.3. The number of fused-ring (bicyclic) bond motifs is 1. The van der Waals surface area contributed by atoms with Gasteiger partial charge in [0.2, 0.25) is 5.79 Å². The summed E-state index contributed by atoms with van der Waals surface area (Å²) in [5, 5.41) is 52.2. The van der Waals surface area contributed by atoms with Crippen molar-refractivity contribution in [3.05, 3.63) is 35.0 Å². The van der Waals surface area contributed by atoms with Gasteiger partial charge in [0, 0.05) is 10.5 Å². The molecule has 4 rings (SSSR count). The zero-order chi connectivity index (χ0) is 22.1. The second-order valence-electron chi connectivity index (χ2n) is 7.90. The fourth-order valence-corrected chi connectivity index (χ4v) is 3.99. The minimum Gasteiger partial charge on any atom is -0.547 e. The summed E-state index contributed by atoms with van der Waals surface area (Å²) in [6, 6.07) is 6.99. The third-order valence-electron chi connectivity index (χ3n) is 5.62. The highest BCUT2D eigenvalue weighted by Crippen LogP contribution is 2.37. The number of aliphatic carboxylic acids is 1. The van der Waals surface area contributed by atoms with E-state index in [9.17, 15) is 30.3 Å². The number of quaternary nitrogens is 1. The molecule has 9 nitrogen and oxygen atoms in total. The smallest absolute Gasteiger partial charge is 0.238 e. The normalized spacial score (nSPS) is 32.5. The van der Waals surface area contributed by atoms with Crippen molar-refractivity contribution in [2.45, 2.75) is 68.3 Å². The molecule has 0 spiro atoms. The zero-order valence-electron chi connectivity index (χ0n) is 16.3. The van der Waals surface area contributed by atoms with E-state index < -0.39 is 36.2 Å². The van der Waals surface area contributed by atoms with Gasteiger partial charge >= 0.3 is 0 Å². The van der Waals surface area contributed by atoms with E-state index in [0.717, 1.165) is 6.04 Å². The largest absolute Gasteiger partial charge is 0.547 e. The van der Waals surface area contributed by atoms with Crippen molar-refractivity contribution in [2.24, 2.45) is 0 Å². The van der Waals surface area contributed by atoms with Crippen LogP contribution >= 0.6 is 11.6 Å². The van der Waals surface area contributed by atoms with Gasteiger partial charge in [0.25, 0.3) is 0 Å². The number of nitrogens with one attached hydrogen (secondary N) is 1. The highest BCUT2D eigenvalue weighted by Gasteiger charge is 2.55. The number of hydrogen-bond acceptors (Lipinski definition) is 7. The molecule has 1 aromatic carbocycles. The molecule has 2 heterocycles. The molecular formula is C20H27ClN2O7. The van der Waals surface area contributed by atoms with Crippen molar-refractivity contribution in [1.82, 2.24) is 4.98 Å². The summed E-state index contributed by atoms with van der Waals surface area (Å²) >= 11 is 5.86. The molecule has 1 saturated carbocycles. The molecular weight excluding hydrogens is 416 g/mol. The van der Waals surface area contributed by atoms with Crippen LogP contribution < -0.4 is 10.8 Å². The van der Waals surface area contributed by atoms with Crippen LogP contribution in [0.2, 0.25) is 5.02 Å². The van der Waals surface area contributed by atoms with Gasteiger partial charge in [0.15, 0.2) is 0 Å². The maximum atomic E-state index is 11.0. The van der Waals surface area contributed by atoms with E-state index in [2.05, 4.69) is 10.7 Å². The number of ether oxygens (including phenoxy) is 1. The van der Waals surface area contributed by atoms with Gasteiger partial charge in [0.05, 0.1) is 17.7 Å². The summed E-state index contributed by atoms with van der Waals surface area (Å²) in [5.74, 6) is -4.41. The van der Waals surface area contributed by atoms with Crippen LogP contribution in [0.25, 0.3) is 10.9 Å². The number of carboxylic acid groups (broad SMARTS) is 1. The third-order valence-corrected chi connectivity index (χ3v) is 5.85. The van der Waals surface area contributed by atoms with Gasteiger partial charge in [-0.3, -0.25) is 0 Å². The molecule has 2 fully saturated rings. The molecule has 166 valence electrons. The maximum Gasteiger partial charge on any atom is 0.238 e. The number of aliphatic hydroxyl groups excluding tert-OH is 3. The number of aliphatic hydroxyl groups is 4. The van der Waals surface area contributed by atoms with Gasteiger partial charge < -0.3 is 45.8 Å². The van der Waals surface area contributed by atoms with Crippen molar-refractivity contribution in [2.75, 3.05) is 0 Å². The Hall–Kier alpha value is -1.72. The van der Waals surface area contributed by atoms with Crippen LogP contribution in [0.5, 0.6) is 0 Å². The Balaban J connectivity index is 0.000000310. The van der Waals surface area contributed by atoms with Crippen LogP contribution in [0.1, 0.15) is 37.8 Å². The minimum atomic E-state index is -2.57. The van der Waals surface area contributed by atoms with Crippen molar-refractivity contribution in [3.8, 4) is 0 Å².